The average molecular weight is 377 g/mol. The molecule has 1 atom stereocenters. The molecule has 24 heavy (non-hydrogen) atoms. The second-order valence-corrected chi connectivity index (χ2v) is 8.93. The van der Waals surface area contributed by atoms with Crippen molar-refractivity contribution in [1.29, 1.82) is 0 Å². The molecule has 0 aromatic carbocycles. The van der Waals surface area contributed by atoms with E-state index in [2.05, 4.69) is 6.92 Å². The Balaban J connectivity index is 0. The van der Waals surface area contributed by atoms with Gasteiger partial charge in [-0.2, -0.15) is 0 Å². The summed E-state index contributed by atoms with van der Waals surface area (Å²) in [5.74, 6) is 1.99. The van der Waals surface area contributed by atoms with E-state index in [1.54, 1.807) is 13.8 Å². The molecule has 0 N–H and O–H groups in total. The van der Waals surface area contributed by atoms with Crippen LogP contribution in [0, 0.1) is 0 Å². The number of Topliss-reactive ketones (excluding diaryl/α,β-unsaturated/α-hetero) is 2. The van der Waals surface area contributed by atoms with Crippen molar-refractivity contribution in [3.63, 3.8) is 0 Å². The van der Waals surface area contributed by atoms with Crippen LogP contribution in [0.3, 0.4) is 0 Å². The van der Waals surface area contributed by atoms with Crippen LogP contribution in [0.15, 0.2) is 0 Å². The third-order valence-electron chi connectivity index (χ3n) is 3.66. The minimum atomic E-state index is 0.330. The Kier molecular flexibility index (Phi) is 23.1. The van der Waals surface area contributed by atoms with E-state index in [0.29, 0.717) is 11.6 Å². The van der Waals surface area contributed by atoms with Crippen molar-refractivity contribution in [2.24, 2.45) is 0 Å². The fraction of sp³-hybridized carbons (Fsp3) is 0.900. The highest BCUT2D eigenvalue weighted by Crippen LogP contribution is 2.39. The molecule has 144 valence electrons. The summed E-state index contributed by atoms with van der Waals surface area (Å²) in [4.78, 5) is 21.1. The molecule has 1 fully saturated rings. The first-order chi connectivity index (χ1) is 11.6. The van der Waals surface area contributed by atoms with Crippen LogP contribution in [0.5, 0.6) is 0 Å². The number of carbonyl (C=O) groups is 2. The summed E-state index contributed by atoms with van der Waals surface area (Å²) in [7, 11) is 4.03. The summed E-state index contributed by atoms with van der Waals surface area (Å²) in [6.07, 6.45) is 12.8. The third kappa shape index (κ3) is 22.0. The minimum absolute atomic E-state index is 0.330. The Morgan fingerprint density at radius 1 is 0.875 bits per heavy atom. The molecule has 0 amide bonds. The zero-order valence-corrected chi connectivity index (χ0v) is 18.3. The summed E-state index contributed by atoms with van der Waals surface area (Å²) in [5.41, 5.74) is 0. The fourth-order valence-corrected chi connectivity index (χ4v) is 5.32. The van der Waals surface area contributed by atoms with E-state index in [4.69, 9.17) is 0 Å². The van der Waals surface area contributed by atoms with E-state index in [1.165, 1.54) is 50.7 Å². The second kappa shape index (κ2) is 21.1. The Hall–Kier alpha value is 0.0400. The zero-order chi connectivity index (χ0) is 18.6. The molecule has 0 aliphatic carbocycles. The maximum absolute atomic E-state index is 10.6. The van der Waals surface area contributed by atoms with Gasteiger partial charge in [0.1, 0.15) is 11.6 Å². The van der Waals surface area contributed by atoms with Crippen molar-refractivity contribution >= 4 is 33.2 Å². The molecule has 2 nitrogen and oxygen atoms in total. The van der Waals surface area contributed by atoms with Crippen LogP contribution in [-0.4, -0.2) is 22.6 Å². The maximum atomic E-state index is 10.6. The van der Waals surface area contributed by atoms with E-state index >= 15 is 0 Å². The number of carbonyl (C=O) groups excluding carboxylic acids is 2. The quantitative estimate of drug-likeness (QED) is 0.281. The van der Waals surface area contributed by atoms with Crippen LogP contribution in [0.1, 0.15) is 105 Å². The fourth-order valence-electron chi connectivity index (χ4n) is 2.29. The lowest BCUT2D eigenvalue weighted by molar-refractivity contribution is -0.117. The zero-order valence-electron chi connectivity index (χ0n) is 16.7. The minimum Gasteiger partial charge on any atom is -0.300 e. The van der Waals surface area contributed by atoms with Crippen molar-refractivity contribution in [1.82, 2.24) is 0 Å². The van der Waals surface area contributed by atoms with Gasteiger partial charge in [0, 0.05) is 23.8 Å². The molecule has 0 aromatic rings. The van der Waals surface area contributed by atoms with E-state index in [9.17, 15) is 9.59 Å². The molecule has 0 bridgehead atoms. The molecule has 4 heteroatoms. The maximum Gasteiger partial charge on any atom is 0.129 e. The van der Waals surface area contributed by atoms with Gasteiger partial charge in [0.2, 0.25) is 0 Å². The molecular weight excluding hydrogens is 336 g/mol. The van der Waals surface area contributed by atoms with Crippen molar-refractivity contribution in [2.45, 2.75) is 110 Å². The van der Waals surface area contributed by atoms with Gasteiger partial charge in [-0.25, -0.2) is 0 Å². The van der Waals surface area contributed by atoms with Crippen molar-refractivity contribution in [2.75, 3.05) is 5.75 Å². The van der Waals surface area contributed by atoms with Gasteiger partial charge in [0.05, 0.1) is 0 Å². The van der Waals surface area contributed by atoms with Gasteiger partial charge in [-0.3, -0.25) is 0 Å². The molecule has 1 aliphatic heterocycles. The van der Waals surface area contributed by atoms with Crippen LogP contribution in [0.25, 0.3) is 0 Å². The largest absolute Gasteiger partial charge is 0.300 e. The van der Waals surface area contributed by atoms with E-state index in [1.807, 2.05) is 35.4 Å². The molecule has 1 saturated heterocycles. The molecule has 0 saturated carbocycles. The number of hydrogen-bond acceptors (Lipinski definition) is 4. The van der Waals surface area contributed by atoms with Crippen molar-refractivity contribution in [3.8, 4) is 0 Å². The molecule has 0 unspecified atom stereocenters. The smallest absolute Gasteiger partial charge is 0.129 e. The van der Waals surface area contributed by atoms with E-state index in [-0.39, 0.29) is 0 Å². The summed E-state index contributed by atoms with van der Waals surface area (Å²) >= 11 is 0. The Morgan fingerprint density at radius 2 is 1.42 bits per heavy atom. The first kappa shape index (κ1) is 26.3. The predicted molar refractivity (Wildman–Crippen MR) is 113 cm³/mol. The van der Waals surface area contributed by atoms with Crippen LogP contribution in [-0.2, 0) is 9.59 Å². The van der Waals surface area contributed by atoms with Gasteiger partial charge < -0.3 is 9.59 Å². The molecule has 0 spiro atoms. The predicted octanol–water partition coefficient (Wildman–Crippen LogP) is 7.25. The lowest BCUT2D eigenvalue weighted by atomic mass is 10.1. The number of unbranched alkanes of at least 4 members (excludes halogenated alkanes) is 5. The van der Waals surface area contributed by atoms with Crippen molar-refractivity contribution < 1.29 is 9.59 Å². The molecule has 0 aromatic heterocycles. The summed E-state index contributed by atoms with van der Waals surface area (Å²) in [6, 6.07) is 0. The molecule has 0 radical (unpaired) electrons. The first-order valence-corrected chi connectivity index (χ1v) is 12.2. The summed E-state index contributed by atoms with van der Waals surface area (Å²) in [6.45, 7) is 9.55. The normalized spacial score (nSPS) is 15.8. The van der Waals surface area contributed by atoms with Gasteiger partial charge >= 0.3 is 0 Å². The SMILES string of the molecule is CC.CC(=O)CCCC[C@H]1CCSS1.CCCCCCCC(C)=O. The highest BCUT2D eigenvalue weighted by Gasteiger charge is 2.15. The average Bonchev–Trinajstić information content (AvgIpc) is 3.07. The van der Waals surface area contributed by atoms with Gasteiger partial charge in [-0.1, -0.05) is 74.5 Å². The monoisotopic (exact) mass is 376 g/mol. The number of hydrogen-bond donors (Lipinski definition) is 0. The van der Waals surface area contributed by atoms with E-state index < -0.39 is 0 Å². The van der Waals surface area contributed by atoms with Crippen LogP contribution in [0.2, 0.25) is 0 Å². The Bertz CT molecular complexity index is 287. The highest BCUT2D eigenvalue weighted by molar-refractivity contribution is 8.77. The topological polar surface area (TPSA) is 34.1 Å². The summed E-state index contributed by atoms with van der Waals surface area (Å²) in [5, 5.41) is 0.877. The molecular formula is C20H40O2S2. The van der Waals surface area contributed by atoms with Crippen molar-refractivity contribution in [3.05, 3.63) is 0 Å². The molecule has 1 aliphatic rings. The number of rotatable bonds is 11. The van der Waals surface area contributed by atoms with Gasteiger partial charge in [0.15, 0.2) is 0 Å². The lowest BCUT2D eigenvalue weighted by Gasteiger charge is -2.05. The molecule has 1 heterocycles. The third-order valence-corrected chi connectivity index (χ3v) is 6.67. The second-order valence-electron chi connectivity index (χ2n) is 6.14. The highest BCUT2D eigenvalue weighted by atomic mass is 33.1. The molecule has 1 rings (SSSR count). The van der Waals surface area contributed by atoms with Gasteiger partial charge in [-0.15, -0.1) is 0 Å². The first-order valence-electron chi connectivity index (χ1n) is 9.83. The van der Waals surface area contributed by atoms with E-state index in [0.717, 1.165) is 30.9 Å². The van der Waals surface area contributed by atoms with Gasteiger partial charge in [0.25, 0.3) is 0 Å². The Labute approximate surface area is 159 Å². The standard InChI is InChI=1S/C9H16OS2.C9H18O.C2H6/c1-8(10)4-2-3-5-9-6-7-11-12-9;1-3-4-5-6-7-8-9(2)10;1-2/h9H,2-7H2,1H3;3-8H2,1-2H3;1-2H3/t9-;;/m0../s1. The summed E-state index contributed by atoms with van der Waals surface area (Å²) < 4.78 is 0. The lowest BCUT2D eigenvalue weighted by Crippen LogP contribution is -1.98. The van der Waals surface area contributed by atoms with Gasteiger partial charge in [-0.05, 0) is 39.5 Å². The number of ketones is 2. The van der Waals surface area contributed by atoms with Crippen LogP contribution >= 0.6 is 21.6 Å². The Morgan fingerprint density at radius 3 is 1.88 bits per heavy atom. The van der Waals surface area contributed by atoms with Crippen LogP contribution in [0.4, 0.5) is 0 Å². The van der Waals surface area contributed by atoms with Crippen LogP contribution < -0.4 is 0 Å².